The maximum absolute atomic E-state index is 12.1. The SMILES string of the molecule is CC(O)C(C)COP(N)(=O)N(CCCl)CCCl. The molecule has 104 valence electrons. The van der Waals surface area contributed by atoms with Crippen molar-refractivity contribution in [3.63, 3.8) is 0 Å². The molecular weight excluding hydrogens is 286 g/mol. The zero-order chi connectivity index (χ0) is 13.5. The van der Waals surface area contributed by atoms with Crippen LogP contribution in [0.4, 0.5) is 0 Å². The van der Waals surface area contributed by atoms with E-state index in [9.17, 15) is 9.67 Å². The van der Waals surface area contributed by atoms with E-state index in [0.717, 1.165) is 0 Å². The van der Waals surface area contributed by atoms with Crippen LogP contribution in [0.1, 0.15) is 13.8 Å². The first-order chi connectivity index (χ1) is 7.85. The monoisotopic (exact) mass is 306 g/mol. The van der Waals surface area contributed by atoms with E-state index in [1.165, 1.54) is 4.67 Å². The van der Waals surface area contributed by atoms with Gasteiger partial charge in [-0.25, -0.2) is 10.2 Å². The minimum Gasteiger partial charge on any atom is -0.393 e. The Labute approximate surface area is 113 Å². The van der Waals surface area contributed by atoms with Crippen LogP contribution in [0.25, 0.3) is 0 Å². The van der Waals surface area contributed by atoms with Crippen LogP contribution in [0.3, 0.4) is 0 Å². The zero-order valence-electron chi connectivity index (χ0n) is 10.2. The van der Waals surface area contributed by atoms with E-state index in [-0.39, 0.29) is 12.5 Å². The third-order valence-corrected chi connectivity index (χ3v) is 4.47. The minimum absolute atomic E-state index is 0.131. The van der Waals surface area contributed by atoms with Crippen molar-refractivity contribution >= 4 is 30.9 Å². The van der Waals surface area contributed by atoms with Gasteiger partial charge in [0.2, 0.25) is 0 Å². The van der Waals surface area contributed by atoms with Gasteiger partial charge in [-0.2, -0.15) is 0 Å². The van der Waals surface area contributed by atoms with Gasteiger partial charge in [0, 0.05) is 30.8 Å². The summed E-state index contributed by atoms with van der Waals surface area (Å²) in [5.41, 5.74) is 5.64. The Balaban J connectivity index is 4.35. The molecule has 3 atom stereocenters. The van der Waals surface area contributed by atoms with Crippen LogP contribution in [0.2, 0.25) is 0 Å². The largest absolute Gasteiger partial charge is 0.393 e. The first-order valence-electron chi connectivity index (χ1n) is 5.43. The van der Waals surface area contributed by atoms with Crippen molar-refractivity contribution < 1.29 is 14.2 Å². The smallest absolute Gasteiger partial charge is 0.340 e. The second-order valence-corrected chi connectivity index (χ2v) is 6.62. The average molecular weight is 307 g/mol. The van der Waals surface area contributed by atoms with E-state index in [1.807, 2.05) is 0 Å². The Morgan fingerprint density at radius 3 is 2.18 bits per heavy atom. The molecule has 3 N–H and O–H groups in total. The van der Waals surface area contributed by atoms with Crippen molar-refractivity contribution in [1.29, 1.82) is 0 Å². The van der Waals surface area contributed by atoms with Crippen molar-refractivity contribution in [2.75, 3.05) is 31.5 Å². The van der Waals surface area contributed by atoms with Gasteiger partial charge in [-0.15, -0.1) is 23.2 Å². The Kier molecular flexibility index (Phi) is 9.03. The summed E-state index contributed by atoms with van der Waals surface area (Å²) in [7, 11) is -3.38. The van der Waals surface area contributed by atoms with Crippen LogP contribution >= 0.6 is 30.9 Å². The van der Waals surface area contributed by atoms with E-state index >= 15 is 0 Å². The quantitative estimate of drug-likeness (QED) is 0.502. The molecule has 0 heterocycles. The number of aliphatic hydroxyl groups is 1. The molecule has 0 amide bonds. The molecule has 0 radical (unpaired) electrons. The topological polar surface area (TPSA) is 75.8 Å². The highest BCUT2D eigenvalue weighted by atomic mass is 35.5. The van der Waals surface area contributed by atoms with Gasteiger partial charge >= 0.3 is 7.67 Å². The lowest BCUT2D eigenvalue weighted by molar-refractivity contribution is 0.0962. The maximum atomic E-state index is 12.1. The first kappa shape index (κ1) is 17.6. The molecule has 5 nitrogen and oxygen atoms in total. The lowest BCUT2D eigenvalue weighted by Crippen LogP contribution is -2.31. The van der Waals surface area contributed by atoms with Crippen LogP contribution in [-0.2, 0) is 9.09 Å². The first-order valence-corrected chi connectivity index (χ1v) is 8.15. The second kappa shape index (κ2) is 8.70. The third-order valence-electron chi connectivity index (χ3n) is 2.43. The molecule has 0 spiro atoms. The Bertz CT molecular complexity index is 250. The fourth-order valence-electron chi connectivity index (χ4n) is 1.03. The molecule has 0 bridgehead atoms. The molecule has 17 heavy (non-hydrogen) atoms. The zero-order valence-corrected chi connectivity index (χ0v) is 12.6. The fourth-order valence-corrected chi connectivity index (χ4v) is 3.04. The predicted molar refractivity (Wildman–Crippen MR) is 71.6 cm³/mol. The molecule has 0 aliphatic carbocycles. The van der Waals surface area contributed by atoms with E-state index in [1.54, 1.807) is 13.8 Å². The van der Waals surface area contributed by atoms with Gasteiger partial charge < -0.3 is 9.63 Å². The molecule has 0 aromatic rings. The molecular formula is C9H21Cl2N2O3P. The van der Waals surface area contributed by atoms with Gasteiger partial charge in [0.05, 0.1) is 12.7 Å². The lowest BCUT2D eigenvalue weighted by Gasteiger charge is -2.27. The number of aliphatic hydroxyl groups excluding tert-OH is 1. The van der Waals surface area contributed by atoms with Crippen LogP contribution in [-0.4, -0.2) is 47.3 Å². The lowest BCUT2D eigenvalue weighted by atomic mass is 10.1. The summed E-state index contributed by atoms with van der Waals surface area (Å²) in [6, 6.07) is 0. The summed E-state index contributed by atoms with van der Waals surface area (Å²) in [5.74, 6) is 0.460. The molecule has 3 unspecified atom stereocenters. The highest BCUT2D eigenvalue weighted by Crippen LogP contribution is 2.42. The summed E-state index contributed by atoms with van der Waals surface area (Å²) in [6.45, 7) is 4.27. The van der Waals surface area contributed by atoms with E-state index in [0.29, 0.717) is 24.8 Å². The second-order valence-electron chi connectivity index (χ2n) is 3.91. The Morgan fingerprint density at radius 1 is 1.35 bits per heavy atom. The summed E-state index contributed by atoms with van der Waals surface area (Å²) in [6.07, 6.45) is -0.537. The van der Waals surface area contributed by atoms with Crippen LogP contribution in [0.15, 0.2) is 0 Å². The Hall–Kier alpha value is 0.650. The van der Waals surface area contributed by atoms with Crippen LogP contribution in [0.5, 0.6) is 0 Å². The maximum Gasteiger partial charge on any atom is 0.340 e. The van der Waals surface area contributed by atoms with E-state index in [4.69, 9.17) is 33.2 Å². The molecule has 0 aliphatic rings. The highest BCUT2D eigenvalue weighted by Gasteiger charge is 2.27. The van der Waals surface area contributed by atoms with Gasteiger partial charge in [0.15, 0.2) is 0 Å². The average Bonchev–Trinajstić information content (AvgIpc) is 2.25. The summed E-state index contributed by atoms with van der Waals surface area (Å²) >= 11 is 11.2. The molecule has 8 heteroatoms. The van der Waals surface area contributed by atoms with Crippen molar-refractivity contribution in [3.8, 4) is 0 Å². The number of alkyl halides is 2. The molecule has 0 aliphatic heterocycles. The van der Waals surface area contributed by atoms with Crippen molar-refractivity contribution in [2.45, 2.75) is 20.0 Å². The molecule has 0 aromatic heterocycles. The normalized spacial score (nSPS) is 19.0. The molecule has 0 saturated heterocycles. The van der Waals surface area contributed by atoms with Crippen molar-refractivity contribution in [2.24, 2.45) is 11.4 Å². The van der Waals surface area contributed by atoms with E-state index < -0.39 is 13.8 Å². The number of halogens is 2. The number of hydrogen-bond acceptors (Lipinski definition) is 3. The fraction of sp³-hybridized carbons (Fsp3) is 1.00. The number of hydrogen-bond donors (Lipinski definition) is 2. The standard InChI is InChI=1S/C9H21Cl2N2O3P/c1-8(9(2)14)7-16-17(12,15)13(5-3-10)6-4-11/h8-9,14H,3-7H2,1-2H3,(H2,12,15). The number of rotatable bonds is 9. The molecule has 0 fully saturated rings. The summed E-state index contributed by atoms with van der Waals surface area (Å²) in [5, 5.41) is 9.30. The number of nitrogens with two attached hydrogens (primary N) is 1. The Morgan fingerprint density at radius 2 is 1.82 bits per heavy atom. The number of nitrogens with zero attached hydrogens (tertiary/aromatic N) is 1. The molecule has 0 rings (SSSR count). The molecule has 0 aromatic carbocycles. The minimum atomic E-state index is -3.38. The van der Waals surface area contributed by atoms with Crippen molar-refractivity contribution in [1.82, 2.24) is 4.67 Å². The predicted octanol–water partition coefficient (Wildman–Crippen LogP) is 1.87. The summed E-state index contributed by atoms with van der Waals surface area (Å²) in [4.78, 5) is 0. The third kappa shape index (κ3) is 6.97. The summed E-state index contributed by atoms with van der Waals surface area (Å²) < 4.78 is 18.8. The van der Waals surface area contributed by atoms with Gasteiger partial charge in [0.25, 0.3) is 0 Å². The van der Waals surface area contributed by atoms with Crippen molar-refractivity contribution in [3.05, 3.63) is 0 Å². The highest BCUT2D eigenvalue weighted by molar-refractivity contribution is 7.53. The van der Waals surface area contributed by atoms with Crippen LogP contribution in [0, 0.1) is 5.92 Å². The van der Waals surface area contributed by atoms with Gasteiger partial charge in [-0.1, -0.05) is 6.92 Å². The molecule has 0 saturated carbocycles. The van der Waals surface area contributed by atoms with Gasteiger partial charge in [-0.05, 0) is 6.92 Å². The van der Waals surface area contributed by atoms with Crippen LogP contribution < -0.4 is 5.50 Å². The van der Waals surface area contributed by atoms with E-state index in [2.05, 4.69) is 0 Å². The van der Waals surface area contributed by atoms with Gasteiger partial charge in [-0.3, -0.25) is 4.57 Å². The van der Waals surface area contributed by atoms with Gasteiger partial charge in [0.1, 0.15) is 0 Å².